The second-order valence-electron chi connectivity index (χ2n) is 10.9. The average molecular weight is 622 g/mol. The predicted octanol–water partition coefficient (Wildman–Crippen LogP) is 7.71. The van der Waals surface area contributed by atoms with Crippen LogP contribution in [-0.2, 0) is 28.0 Å². The zero-order chi connectivity index (χ0) is 23.5. The largest absolute Gasteiger partial charge is 0.147 e. The molecule has 0 aliphatic heterocycles. The number of halogens is 2. The molecule has 2 atom stereocenters. The molecule has 0 radical (unpaired) electrons. The van der Waals surface area contributed by atoms with E-state index in [1.807, 2.05) is 0 Å². The summed E-state index contributed by atoms with van der Waals surface area (Å²) in [6, 6.07) is 24.7. The molecule has 0 N–H and O–H groups in total. The molecule has 0 heterocycles. The molecule has 0 saturated heterocycles. The second kappa shape index (κ2) is 10.3. The Labute approximate surface area is 229 Å². The predicted molar refractivity (Wildman–Crippen MR) is 155 cm³/mol. The zero-order valence-electron chi connectivity index (χ0n) is 21.3. The van der Waals surface area contributed by atoms with Gasteiger partial charge < -0.3 is 0 Å². The van der Waals surface area contributed by atoms with Crippen LogP contribution < -0.4 is 0 Å². The summed E-state index contributed by atoms with van der Waals surface area (Å²) in [4.78, 5) is 0. The molecule has 0 spiro atoms. The molecule has 2 nitrogen and oxygen atoms in total. The molecule has 3 aromatic rings. The summed E-state index contributed by atoms with van der Waals surface area (Å²) in [5.41, 5.74) is 9.79. The van der Waals surface area contributed by atoms with E-state index < -0.39 is 27.2 Å². The van der Waals surface area contributed by atoms with Gasteiger partial charge in [-0.25, -0.2) is 0 Å². The van der Waals surface area contributed by atoms with E-state index in [0.29, 0.717) is 3.63 Å². The minimum atomic E-state index is -2.40. The first-order valence-electron chi connectivity index (χ1n) is 11.8. The third kappa shape index (κ3) is 4.92. The van der Waals surface area contributed by atoms with Crippen molar-refractivity contribution in [1.82, 2.24) is 0 Å². The van der Waals surface area contributed by atoms with E-state index in [1.54, 1.807) is 12.7 Å². The smallest absolute Gasteiger partial charge is 0.147 e. The van der Waals surface area contributed by atoms with Gasteiger partial charge in [0.05, 0.1) is 0 Å². The molecule has 0 amide bonds. The Hall–Kier alpha value is -1.10. The van der Waals surface area contributed by atoms with E-state index in [9.17, 15) is 0 Å². The standard InChI is InChI=1S/C26H25O2Si.2CH3.2ClH.H2Si.Zr/c1-27-25-22-13-8-7-12-20(22)24(26(25)28-29(2,3)4)21-15-9-14-19-18-11-6-5-10-17(18)16-23(19)21;;;;;;/h5-16,24H,1-4H3;2*1H3;2*1H;1H2;. The maximum absolute atomic E-state index is 6.82. The molecular weight excluding hydrogens is 587 g/mol. The van der Waals surface area contributed by atoms with Crippen LogP contribution >= 0.6 is 24.8 Å². The van der Waals surface area contributed by atoms with Gasteiger partial charge in [0.1, 0.15) is 0 Å². The summed E-state index contributed by atoms with van der Waals surface area (Å²) in [7, 11) is -0.0796. The number of allylic oxidation sites excluding steroid dienone is 1. The van der Waals surface area contributed by atoms with Crippen molar-refractivity contribution in [3.05, 3.63) is 100 Å². The van der Waals surface area contributed by atoms with E-state index in [4.69, 9.17) is 9.16 Å². The Bertz CT molecular complexity index is 1340. The topological polar surface area (TPSA) is 18.5 Å². The molecule has 5 rings (SSSR count). The van der Waals surface area contributed by atoms with E-state index >= 15 is 0 Å². The monoisotopic (exact) mass is 619 g/mol. The van der Waals surface area contributed by atoms with Crippen molar-refractivity contribution in [2.45, 2.75) is 38.4 Å². The van der Waals surface area contributed by atoms with Gasteiger partial charge in [-0.1, -0.05) is 0 Å². The van der Waals surface area contributed by atoms with Crippen LogP contribution in [0.15, 0.2) is 72.5 Å². The summed E-state index contributed by atoms with van der Waals surface area (Å²) >= 11 is -2.40. The van der Waals surface area contributed by atoms with Gasteiger partial charge in [-0.3, -0.25) is 0 Å². The Morgan fingerprint density at radius 1 is 0.743 bits per heavy atom. The maximum Gasteiger partial charge on any atom is -0.147 e. The van der Waals surface area contributed by atoms with Gasteiger partial charge in [0.15, 0.2) is 0 Å². The van der Waals surface area contributed by atoms with Crippen LogP contribution in [0.3, 0.4) is 0 Å². The Morgan fingerprint density at radius 3 is 1.89 bits per heavy atom. The molecule has 3 aromatic carbocycles. The summed E-state index contributed by atoms with van der Waals surface area (Å²) in [5, 5.41) is 0. The number of hydrogen-bond donors (Lipinski definition) is 0. The first-order valence-corrected chi connectivity index (χ1v) is 27.4. The van der Waals surface area contributed by atoms with Crippen molar-refractivity contribution in [3.8, 4) is 11.1 Å². The van der Waals surface area contributed by atoms with E-state index in [0.717, 1.165) is 11.5 Å². The zero-order valence-corrected chi connectivity index (χ0v) is 27.9. The van der Waals surface area contributed by atoms with Gasteiger partial charge in [0, 0.05) is 0 Å². The molecule has 0 bridgehead atoms. The molecule has 0 aromatic heterocycles. The van der Waals surface area contributed by atoms with Crippen molar-refractivity contribution >= 4 is 45.8 Å². The van der Waals surface area contributed by atoms with E-state index in [-0.39, 0.29) is 30.7 Å². The number of rotatable bonds is 5. The number of hydrogen-bond acceptors (Lipinski definition) is 2. The van der Waals surface area contributed by atoms with Gasteiger partial charge in [-0.2, -0.15) is 0 Å². The molecule has 2 aliphatic rings. The molecule has 35 heavy (non-hydrogen) atoms. The van der Waals surface area contributed by atoms with Crippen LogP contribution in [-0.4, -0.2) is 22.3 Å². The maximum atomic E-state index is 6.82. The van der Waals surface area contributed by atoms with Gasteiger partial charge >= 0.3 is 206 Å². The van der Waals surface area contributed by atoms with E-state index in [1.165, 1.54) is 33.4 Å². The number of ether oxygens (including phenoxy) is 1. The van der Waals surface area contributed by atoms with Gasteiger partial charge in [-0.05, 0) is 0 Å². The van der Waals surface area contributed by atoms with Crippen LogP contribution in [0.4, 0.5) is 0 Å². The first kappa shape index (κ1) is 28.5. The van der Waals surface area contributed by atoms with Crippen LogP contribution in [0, 0.1) is 0 Å². The number of fused-ring (bicyclic) bond motifs is 4. The van der Waals surface area contributed by atoms with Gasteiger partial charge in [0.25, 0.3) is 0 Å². The third-order valence-corrected chi connectivity index (χ3v) is 15.3. The number of benzene rings is 3. The fourth-order valence-corrected chi connectivity index (χ4v) is 14.4. The van der Waals surface area contributed by atoms with Gasteiger partial charge in [-0.15, -0.1) is 24.8 Å². The molecule has 2 unspecified atom stereocenters. The molecular formula is C28H35Cl2O2Si2Zr. The van der Waals surface area contributed by atoms with E-state index in [2.05, 4.69) is 103 Å². The third-order valence-electron chi connectivity index (χ3n) is 6.71. The van der Waals surface area contributed by atoms with Crippen molar-refractivity contribution in [1.29, 1.82) is 0 Å². The van der Waals surface area contributed by atoms with Crippen LogP contribution in [0.2, 0.25) is 28.9 Å². The first-order chi connectivity index (χ1) is 15.6. The SMILES string of the molecule is COC1=C(O[Si](C)(C)C)C(c2cccc3c2[CH]([Zr]([CH3])([CH3])=[SiH2])c2ccccc2-3)c2ccccc21.Cl.Cl. The normalized spacial score (nSPS) is 18.1. The number of methoxy groups -OCH3 is 1. The van der Waals surface area contributed by atoms with Crippen molar-refractivity contribution in [2.24, 2.45) is 0 Å². The molecule has 0 saturated carbocycles. The molecule has 2 aliphatic carbocycles. The fraction of sp³-hybridized carbons (Fsp3) is 0.286. The second-order valence-corrected chi connectivity index (χ2v) is 37.4. The molecule has 0 fully saturated rings. The van der Waals surface area contributed by atoms with Crippen molar-refractivity contribution < 1.29 is 28.0 Å². The fourth-order valence-electron chi connectivity index (χ4n) is 5.67. The Morgan fingerprint density at radius 2 is 1.29 bits per heavy atom. The summed E-state index contributed by atoms with van der Waals surface area (Å²) in [6.45, 7) is 9.09. The minimum absolute atomic E-state index is 0. The van der Waals surface area contributed by atoms with Crippen molar-refractivity contribution in [2.75, 3.05) is 7.11 Å². The van der Waals surface area contributed by atoms with Gasteiger partial charge in [0.2, 0.25) is 0 Å². The van der Waals surface area contributed by atoms with Crippen LogP contribution in [0.25, 0.3) is 16.9 Å². The summed E-state index contributed by atoms with van der Waals surface area (Å²) in [6.07, 6.45) is 0. The Kier molecular flexibility index (Phi) is 8.41. The summed E-state index contributed by atoms with van der Waals surface area (Å²) in [5.74, 6) is 1.99. The molecule has 185 valence electrons. The van der Waals surface area contributed by atoms with Crippen molar-refractivity contribution in [3.63, 3.8) is 0 Å². The minimum Gasteiger partial charge on any atom is -0.147 e. The quantitative estimate of drug-likeness (QED) is 0.272. The van der Waals surface area contributed by atoms with Crippen LogP contribution in [0.5, 0.6) is 0 Å². The molecule has 7 heteroatoms. The Balaban J connectivity index is 0.00000171. The summed E-state index contributed by atoms with van der Waals surface area (Å²) < 4.78 is 18.5. The average Bonchev–Trinajstić information content (AvgIpc) is 3.24. The van der Waals surface area contributed by atoms with Crippen LogP contribution in [0.1, 0.15) is 37.4 Å².